The van der Waals surface area contributed by atoms with Gasteiger partial charge in [-0.25, -0.2) is 0 Å². The number of hydrogen-bond acceptors (Lipinski definition) is 10. The summed E-state index contributed by atoms with van der Waals surface area (Å²) in [6.07, 6.45) is 1.98. The van der Waals surface area contributed by atoms with Gasteiger partial charge in [0, 0.05) is 50.7 Å². The number of nitrogens with zero attached hydrogens (tertiary/aromatic N) is 2. The molecule has 0 spiro atoms. The van der Waals surface area contributed by atoms with E-state index in [-0.39, 0.29) is 36.2 Å². The fourth-order valence-electron chi connectivity index (χ4n) is 5.30. The molecule has 10 nitrogen and oxygen atoms in total. The Morgan fingerprint density at radius 3 is 1.16 bits per heavy atom. The molecule has 0 amide bonds. The Kier molecular flexibility index (Phi) is 10.9. The summed E-state index contributed by atoms with van der Waals surface area (Å²) in [6, 6.07) is 33.5. The summed E-state index contributed by atoms with van der Waals surface area (Å²) in [5.41, 5.74) is 6.44. The highest BCUT2D eigenvalue weighted by Gasteiger charge is 2.21. The second-order valence-electron chi connectivity index (χ2n) is 12.1. The van der Waals surface area contributed by atoms with Crippen molar-refractivity contribution in [2.24, 2.45) is 0 Å². The zero-order valence-corrected chi connectivity index (χ0v) is 30.4. The van der Waals surface area contributed by atoms with Gasteiger partial charge in [-0.1, -0.05) is 72.8 Å². The fraction of sp³-hybridized carbons (Fsp3) is 0.211. The number of ether oxygens (including phenoxy) is 2. The van der Waals surface area contributed by atoms with Crippen molar-refractivity contribution in [3.63, 3.8) is 0 Å². The summed E-state index contributed by atoms with van der Waals surface area (Å²) in [4.78, 5) is 3.89. The molecule has 5 rings (SSSR count). The summed E-state index contributed by atoms with van der Waals surface area (Å²) in [7, 11) is -0.135. The number of benzene rings is 5. The van der Waals surface area contributed by atoms with Crippen LogP contribution in [0.15, 0.2) is 109 Å². The first-order valence-corrected chi connectivity index (χ1v) is 19.2. The van der Waals surface area contributed by atoms with E-state index in [4.69, 9.17) is 17.8 Å². The van der Waals surface area contributed by atoms with Crippen LogP contribution in [0.1, 0.15) is 11.1 Å². The quantitative estimate of drug-likeness (QED) is 0.112. The van der Waals surface area contributed by atoms with E-state index in [9.17, 15) is 16.8 Å². The van der Waals surface area contributed by atoms with Crippen molar-refractivity contribution in [1.29, 1.82) is 0 Å². The van der Waals surface area contributed by atoms with E-state index in [1.54, 1.807) is 24.3 Å². The third kappa shape index (κ3) is 9.48. The summed E-state index contributed by atoms with van der Waals surface area (Å²) in [5, 5.41) is 0. The van der Waals surface area contributed by atoms with Gasteiger partial charge in [0.2, 0.25) is 0 Å². The van der Waals surface area contributed by atoms with Crippen molar-refractivity contribution >= 4 is 31.6 Å². The van der Waals surface area contributed by atoms with E-state index >= 15 is 0 Å². The van der Waals surface area contributed by atoms with E-state index < -0.39 is 20.2 Å². The number of hydrogen-bond donors (Lipinski definition) is 0. The van der Waals surface area contributed by atoms with Crippen LogP contribution in [-0.4, -0.2) is 57.5 Å². The minimum atomic E-state index is -3.88. The maximum atomic E-state index is 12.3. The van der Waals surface area contributed by atoms with E-state index in [0.29, 0.717) is 11.1 Å². The molecule has 262 valence electrons. The molecule has 0 bridgehead atoms. The van der Waals surface area contributed by atoms with Gasteiger partial charge in [-0.05, 0) is 58.7 Å². The molecule has 0 unspecified atom stereocenters. The second kappa shape index (κ2) is 15.1. The maximum Gasteiger partial charge on any atom is 0.306 e. The van der Waals surface area contributed by atoms with Crippen LogP contribution in [0.3, 0.4) is 0 Å². The van der Waals surface area contributed by atoms with Crippen molar-refractivity contribution < 1.29 is 34.7 Å². The minimum absolute atomic E-state index is 0.0646. The van der Waals surface area contributed by atoms with Crippen LogP contribution in [0.25, 0.3) is 22.3 Å². The van der Waals surface area contributed by atoms with Crippen LogP contribution < -0.4 is 27.6 Å². The molecule has 0 radical (unpaired) electrons. The first-order valence-electron chi connectivity index (χ1n) is 15.6. The summed E-state index contributed by atoms with van der Waals surface area (Å²) in [5.74, 6) is 0.697. The molecule has 0 aromatic heterocycles. The molecular weight excluding hydrogens is 677 g/mol. The van der Waals surface area contributed by atoms with Crippen LogP contribution in [0, 0.1) is 0 Å². The Morgan fingerprint density at radius 2 is 0.840 bits per heavy atom. The average molecular weight is 717 g/mol. The van der Waals surface area contributed by atoms with Gasteiger partial charge in [-0.15, -0.1) is 0 Å². The molecule has 0 aliphatic carbocycles. The predicted octanol–water partition coefficient (Wildman–Crippen LogP) is 6.99. The highest BCUT2D eigenvalue weighted by atomic mass is 32.2. The lowest BCUT2D eigenvalue weighted by atomic mass is 9.95. The lowest BCUT2D eigenvalue weighted by Crippen LogP contribution is -2.14. The van der Waals surface area contributed by atoms with Crippen molar-refractivity contribution in [2.75, 3.05) is 50.5 Å². The van der Waals surface area contributed by atoms with Gasteiger partial charge in [-0.3, -0.25) is 0 Å². The first kappa shape index (κ1) is 36.1. The molecule has 0 heterocycles. The Hall–Kier alpha value is -5.20. The Bertz CT molecular complexity index is 2020. The largest absolute Gasteiger partial charge is 0.485 e. The van der Waals surface area contributed by atoms with Gasteiger partial charge in [0.1, 0.15) is 13.2 Å². The van der Waals surface area contributed by atoms with Gasteiger partial charge < -0.3 is 27.6 Å². The SMILES string of the molecule is CN(C)c1cc(-c2ccc(OCc3ccccc3)c(OS(C)(=O)=O)c2)c(N(C)C)cc1-c1ccc(OCc2ccccc2)c(OS(C)(=O)=O)c1. The molecule has 0 fully saturated rings. The molecule has 5 aromatic carbocycles. The van der Waals surface area contributed by atoms with E-state index in [2.05, 4.69) is 0 Å². The maximum absolute atomic E-state index is 12.3. The summed E-state index contributed by atoms with van der Waals surface area (Å²) >= 11 is 0. The molecule has 0 saturated heterocycles. The van der Waals surface area contributed by atoms with Gasteiger partial charge in [0.15, 0.2) is 23.0 Å². The molecule has 0 N–H and O–H groups in total. The van der Waals surface area contributed by atoms with Gasteiger partial charge in [0.05, 0.1) is 12.5 Å². The molecule has 0 aliphatic rings. The van der Waals surface area contributed by atoms with E-state index in [1.165, 1.54) is 0 Å². The van der Waals surface area contributed by atoms with Gasteiger partial charge >= 0.3 is 20.2 Å². The summed E-state index contributed by atoms with van der Waals surface area (Å²) < 4.78 is 72.0. The number of anilines is 2. The van der Waals surface area contributed by atoms with E-state index in [1.807, 2.05) is 123 Å². The van der Waals surface area contributed by atoms with Crippen LogP contribution in [0.4, 0.5) is 11.4 Å². The summed E-state index contributed by atoms with van der Waals surface area (Å²) in [6.45, 7) is 0.452. The van der Waals surface area contributed by atoms with Crippen LogP contribution in [-0.2, 0) is 33.5 Å². The van der Waals surface area contributed by atoms with Crippen molar-refractivity contribution in [1.82, 2.24) is 0 Å². The Labute approximate surface area is 294 Å². The molecule has 5 aromatic rings. The lowest BCUT2D eigenvalue weighted by molar-refractivity contribution is 0.296. The smallest absolute Gasteiger partial charge is 0.306 e. The van der Waals surface area contributed by atoms with E-state index in [0.717, 1.165) is 46.1 Å². The van der Waals surface area contributed by atoms with Gasteiger partial charge in [-0.2, -0.15) is 16.8 Å². The third-order valence-corrected chi connectivity index (χ3v) is 8.51. The van der Waals surface area contributed by atoms with Crippen molar-refractivity contribution in [2.45, 2.75) is 13.2 Å². The molecular formula is C38H40N2O8S2. The van der Waals surface area contributed by atoms with Crippen LogP contribution >= 0.6 is 0 Å². The first-order chi connectivity index (χ1) is 23.7. The normalized spacial score (nSPS) is 11.5. The minimum Gasteiger partial charge on any atom is -0.485 e. The zero-order chi connectivity index (χ0) is 36.1. The molecule has 0 atom stereocenters. The van der Waals surface area contributed by atoms with Crippen molar-refractivity contribution in [3.8, 4) is 45.3 Å². The van der Waals surface area contributed by atoms with Crippen LogP contribution in [0.5, 0.6) is 23.0 Å². The standard InChI is InChI=1S/C38H40N2O8S2/c1-39(2)33-23-32(30-18-20-36(38(22-30)48-50(6,43)44)46-26-28-15-11-8-12-16-28)34(40(3)4)24-31(33)29-17-19-35(37(21-29)47-49(5,41)42)45-25-27-13-9-7-10-14-27/h7-24H,25-26H2,1-6H3. The topological polar surface area (TPSA) is 112 Å². The zero-order valence-electron chi connectivity index (χ0n) is 28.8. The Morgan fingerprint density at radius 1 is 0.480 bits per heavy atom. The van der Waals surface area contributed by atoms with Crippen molar-refractivity contribution in [3.05, 3.63) is 120 Å². The Balaban J connectivity index is 1.58. The lowest BCUT2D eigenvalue weighted by Gasteiger charge is -2.25. The average Bonchev–Trinajstić information content (AvgIpc) is 3.06. The highest BCUT2D eigenvalue weighted by Crippen LogP contribution is 2.44. The highest BCUT2D eigenvalue weighted by molar-refractivity contribution is 7.86. The van der Waals surface area contributed by atoms with Gasteiger partial charge in [0.25, 0.3) is 0 Å². The molecule has 12 heteroatoms. The fourth-order valence-corrected chi connectivity index (χ4v) is 6.21. The molecule has 0 aliphatic heterocycles. The third-order valence-electron chi connectivity index (χ3n) is 7.54. The number of rotatable bonds is 14. The van der Waals surface area contributed by atoms with Crippen LogP contribution in [0.2, 0.25) is 0 Å². The monoisotopic (exact) mass is 716 g/mol. The predicted molar refractivity (Wildman–Crippen MR) is 198 cm³/mol. The molecule has 0 saturated carbocycles. The second-order valence-corrected chi connectivity index (χ2v) is 15.3. The molecule has 50 heavy (non-hydrogen) atoms.